The van der Waals surface area contributed by atoms with Crippen LogP contribution in [0.4, 0.5) is 4.79 Å². The average Bonchev–Trinajstić information content (AvgIpc) is 2.40. The van der Waals surface area contributed by atoms with Crippen molar-refractivity contribution in [1.82, 2.24) is 15.5 Å². The predicted molar refractivity (Wildman–Crippen MR) is 79.7 cm³/mol. The molecule has 0 fully saturated rings. The Morgan fingerprint density at radius 2 is 1.52 bits per heavy atom. The largest absolute Gasteiger partial charge is 0.453 e. The lowest BCUT2D eigenvalue weighted by Gasteiger charge is -2.30. The van der Waals surface area contributed by atoms with E-state index in [1.165, 1.54) is 12.0 Å². The Morgan fingerprint density at radius 3 is 1.90 bits per heavy atom. The molecule has 7 nitrogen and oxygen atoms in total. The fraction of sp³-hybridized carbons (Fsp3) is 0.786. The molecular weight excluding hydrogens is 274 g/mol. The smallest absolute Gasteiger partial charge is 0.407 e. The van der Waals surface area contributed by atoms with E-state index in [1.54, 1.807) is 14.0 Å². The minimum absolute atomic E-state index is 0.00228. The van der Waals surface area contributed by atoms with Crippen LogP contribution in [0.25, 0.3) is 0 Å². The van der Waals surface area contributed by atoms with E-state index in [1.807, 2.05) is 27.7 Å². The second-order valence-electron chi connectivity index (χ2n) is 5.65. The van der Waals surface area contributed by atoms with Gasteiger partial charge in [0.2, 0.25) is 11.8 Å². The number of hydrogen-bond donors (Lipinski definition) is 2. The van der Waals surface area contributed by atoms with Gasteiger partial charge in [-0.05, 0) is 26.7 Å². The van der Waals surface area contributed by atoms with Gasteiger partial charge in [0.1, 0.15) is 12.1 Å². The van der Waals surface area contributed by atoms with Gasteiger partial charge in [-0.1, -0.05) is 13.8 Å². The third kappa shape index (κ3) is 6.01. The predicted octanol–water partition coefficient (Wildman–Crippen LogP) is 0.738. The highest BCUT2D eigenvalue weighted by molar-refractivity contribution is 5.91. The van der Waals surface area contributed by atoms with Gasteiger partial charge in [0.05, 0.1) is 7.11 Å². The second-order valence-corrected chi connectivity index (χ2v) is 5.65. The van der Waals surface area contributed by atoms with Crippen LogP contribution in [-0.4, -0.2) is 55.1 Å². The number of methoxy groups -OCH3 is 1. The molecule has 0 rings (SSSR count). The van der Waals surface area contributed by atoms with E-state index in [0.29, 0.717) is 0 Å². The normalized spacial score (nSPS) is 13.6. The lowest BCUT2D eigenvalue weighted by Crippen LogP contribution is -2.55. The molecule has 0 aromatic rings. The van der Waals surface area contributed by atoms with Gasteiger partial charge in [0, 0.05) is 13.1 Å². The number of carbonyl (C=O) groups is 3. The Labute approximate surface area is 126 Å². The van der Waals surface area contributed by atoms with Crippen molar-refractivity contribution in [2.75, 3.05) is 14.2 Å². The van der Waals surface area contributed by atoms with Gasteiger partial charge in [-0.15, -0.1) is 0 Å². The van der Waals surface area contributed by atoms with Gasteiger partial charge in [0.15, 0.2) is 0 Å². The van der Waals surface area contributed by atoms with Crippen LogP contribution in [0.2, 0.25) is 0 Å². The van der Waals surface area contributed by atoms with E-state index in [-0.39, 0.29) is 23.8 Å². The number of rotatable bonds is 6. The molecule has 0 radical (unpaired) electrons. The summed E-state index contributed by atoms with van der Waals surface area (Å²) in [5.74, 6) is -0.692. The maximum absolute atomic E-state index is 12.4. The number of likely N-dealkylation sites (N-methyl/N-ethyl adjacent to an activating group) is 1. The van der Waals surface area contributed by atoms with Crippen molar-refractivity contribution in [1.29, 1.82) is 0 Å². The highest BCUT2D eigenvalue weighted by Crippen LogP contribution is 2.08. The van der Waals surface area contributed by atoms with E-state index in [2.05, 4.69) is 15.4 Å². The van der Waals surface area contributed by atoms with Crippen LogP contribution < -0.4 is 10.6 Å². The summed E-state index contributed by atoms with van der Waals surface area (Å²) in [7, 11) is 2.78. The number of nitrogens with zero attached hydrogens (tertiary/aromatic N) is 1. The fourth-order valence-electron chi connectivity index (χ4n) is 1.69. The summed E-state index contributed by atoms with van der Waals surface area (Å²) < 4.78 is 4.52. The first-order valence-corrected chi connectivity index (χ1v) is 7.03. The number of carbonyl (C=O) groups excluding carboxylic acids is 3. The van der Waals surface area contributed by atoms with Crippen molar-refractivity contribution >= 4 is 17.9 Å². The Balaban J connectivity index is 4.91. The molecule has 0 unspecified atom stereocenters. The van der Waals surface area contributed by atoms with Gasteiger partial charge >= 0.3 is 6.09 Å². The highest BCUT2D eigenvalue weighted by atomic mass is 16.5. The van der Waals surface area contributed by atoms with Crippen molar-refractivity contribution < 1.29 is 19.1 Å². The van der Waals surface area contributed by atoms with Crippen molar-refractivity contribution in [3.05, 3.63) is 0 Å². The fourth-order valence-corrected chi connectivity index (χ4v) is 1.69. The molecule has 122 valence electrons. The van der Waals surface area contributed by atoms with Gasteiger partial charge in [-0.25, -0.2) is 4.79 Å². The molecule has 21 heavy (non-hydrogen) atoms. The molecule has 0 aliphatic heterocycles. The monoisotopic (exact) mass is 301 g/mol. The molecule has 0 heterocycles. The molecule has 0 saturated carbocycles. The van der Waals surface area contributed by atoms with Crippen LogP contribution in [-0.2, 0) is 14.3 Å². The summed E-state index contributed by atoms with van der Waals surface area (Å²) in [6.45, 7) is 8.96. The van der Waals surface area contributed by atoms with Crippen LogP contribution in [0, 0.1) is 5.92 Å². The standard InChI is InChI=1S/C14H27N3O4/c1-8(2)11(16-14(20)21-7)13(19)17(6)10(5)12(18)15-9(3)4/h8-11H,1-7H3,(H,15,18)(H,16,20)/t10-,11-/m0/s1. The topological polar surface area (TPSA) is 87.7 Å². The van der Waals surface area contributed by atoms with Crippen LogP contribution >= 0.6 is 0 Å². The molecule has 0 saturated heterocycles. The number of amides is 3. The van der Waals surface area contributed by atoms with Crippen LogP contribution in [0.3, 0.4) is 0 Å². The minimum Gasteiger partial charge on any atom is -0.453 e. The summed E-state index contributed by atoms with van der Waals surface area (Å²) in [5.41, 5.74) is 0. The third-order valence-electron chi connectivity index (χ3n) is 3.13. The van der Waals surface area contributed by atoms with Crippen molar-refractivity contribution in [2.24, 2.45) is 5.92 Å². The second kappa shape index (κ2) is 8.49. The Hall–Kier alpha value is -1.79. The third-order valence-corrected chi connectivity index (χ3v) is 3.13. The molecule has 2 N–H and O–H groups in total. The molecule has 3 amide bonds. The number of nitrogens with one attached hydrogen (secondary N) is 2. The molecule has 0 aromatic heterocycles. The summed E-state index contributed by atoms with van der Waals surface area (Å²) in [6, 6.07) is -1.37. The summed E-state index contributed by atoms with van der Waals surface area (Å²) in [4.78, 5) is 37.0. The number of ether oxygens (including phenoxy) is 1. The Kier molecular flexibility index (Phi) is 7.76. The zero-order valence-electron chi connectivity index (χ0n) is 13.9. The highest BCUT2D eigenvalue weighted by Gasteiger charge is 2.31. The lowest BCUT2D eigenvalue weighted by molar-refractivity contribution is -0.140. The first-order valence-electron chi connectivity index (χ1n) is 7.03. The van der Waals surface area contributed by atoms with Crippen LogP contribution in [0.15, 0.2) is 0 Å². The van der Waals surface area contributed by atoms with Crippen molar-refractivity contribution in [3.63, 3.8) is 0 Å². The minimum atomic E-state index is -0.739. The van der Waals surface area contributed by atoms with E-state index in [0.717, 1.165) is 0 Å². The SMILES string of the molecule is COC(=O)N[C@H](C(=O)N(C)[C@@H](C)C(=O)NC(C)C)C(C)C. The lowest BCUT2D eigenvalue weighted by atomic mass is 10.0. The quantitative estimate of drug-likeness (QED) is 0.757. The van der Waals surface area contributed by atoms with E-state index < -0.39 is 18.2 Å². The van der Waals surface area contributed by atoms with Crippen molar-refractivity contribution in [3.8, 4) is 0 Å². The van der Waals surface area contributed by atoms with Gasteiger partial charge in [0.25, 0.3) is 0 Å². The molecule has 0 aliphatic carbocycles. The zero-order valence-corrected chi connectivity index (χ0v) is 13.9. The number of alkyl carbamates (subject to hydrolysis) is 1. The molecule has 0 bridgehead atoms. The first kappa shape index (κ1) is 19.2. The first-order chi connectivity index (χ1) is 9.61. The van der Waals surface area contributed by atoms with E-state index >= 15 is 0 Å². The maximum atomic E-state index is 12.4. The molecule has 2 atom stereocenters. The van der Waals surface area contributed by atoms with Crippen LogP contribution in [0.5, 0.6) is 0 Å². The van der Waals surface area contributed by atoms with Gasteiger partial charge in [-0.2, -0.15) is 0 Å². The summed E-state index contributed by atoms with van der Waals surface area (Å²) in [6.07, 6.45) is -0.672. The Bertz CT molecular complexity index is 382. The average molecular weight is 301 g/mol. The van der Waals surface area contributed by atoms with Gasteiger partial charge in [-0.3, -0.25) is 9.59 Å². The molecule has 7 heteroatoms. The molecular formula is C14H27N3O4. The zero-order chi connectivity index (χ0) is 16.7. The van der Waals surface area contributed by atoms with E-state index in [9.17, 15) is 14.4 Å². The summed E-state index contributed by atoms with van der Waals surface area (Å²) >= 11 is 0. The van der Waals surface area contributed by atoms with Gasteiger partial charge < -0.3 is 20.3 Å². The molecule has 0 spiro atoms. The molecule has 0 aliphatic rings. The molecule has 0 aromatic carbocycles. The maximum Gasteiger partial charge on any atom is 0.407 e. The summed E-state index contributed by atoms with van der Waals surface area (Å²) in [5, 5.41) is 5.25. The van der Waals surface area contributed by atoms with E-state index in [4.69, 9.17) is 0 Å². The number of hydrogen-bond acceptors (Lipinski definition) is 4. The van der Waals surface area contributed by atoms with Crippen molar-refractivity contribution in [2.45, 2.75) is 52.7 Å². The van der Waals surface area contributed by atoms with Crippen LogP contribution in [0.1, 0.15) is 34.6 Å². The Morgan fingerprint density at radius 1 is 1.00 bits per heavy atom.